The monoisotopic (exact) mass is 148 g/mol. The number of aryl methyl sites for hydroxylation is 1. The topological polar surface area (TPSA) is 55.4 Å². The van der Waals surface area contributed by atoms with Crippen molar-refractivity contribution in [3.63, 3.8) is 0 Å². The molecule has 1 rings (SSSR count). The number of aliphatic imine (C=N–C) groups is 1. The van der Waals surface area contributed by atoms with Crippen molar-refractivity contribution < 1.29 is 4.79 Å². The Hall–Kier alpha value is -1.60. The first-order valence-electron chi connectivity index (χ1n) is 3.18. The molecular formula is C8H8N2O. The average Bonchev–Trinajstić information content (AvgIpc) is 1.98. The maximum atomic E-state index is 9.91. The van der Waals surface area contributed by atoms with Gasteiger partial charge in [-0.25, -0.2) is 4.79 Å². The molecule has 0 fully saturated rings. The number of nitrogen functional groups attached to an aromatic ring is 1. The summed E-state index contributed by atoms with van der Waals surface area (Å²) in [6, 6.07) is 5.21. The van der Waals surface area contributed by atoms with Crippen LogP contribution in [-0.4, -0.2) is 6.08 Å². The normalized spacial score (nSPS) is 8.82. The fourth-order valence-corrected chi connectivity index (χ4v) is 0.796. The molecule has 0 spiro atoms. The summed E-state index contributed by atoms with van der Waals surface area (Å²) >= 11 is 0. The molecule has 0 bridgehead atoms. The van der Waals surface area contributed by atoms with Gasteiger partial charge in [-0.2, -0.15) is 4.99 Å². The Kier molecular flexibility index (Phi) is 2.04. The first-order valence-corrected chi connectivity index (χ1v) is 3.18. The number of carbonyl (C=O) groups excluding carboxylic acids is 1. The minimum atomic E-state index is 0.583. The van der Waals surface area contributed by atoms with Crippen LogP contribution in [0.1, 0.15) is 5.56 Å². The minimum Gasteiger partial charge on any atom is -0.399 e. The first-order chi connectivity index (χ1) is 5.24. The molecule has 11 heavy (non-hydrogen) atoms. The zero-order chi connectivity index (χ0) is 8.27. The van der Waals surface area contributed by atoms with Crippen LogP contribution in [0.2, 0.25) is 0 Å². The molecule has 1 aromatic rings. The molecule has 0 saturated heterocycles. The number of nitrogens with two attached hydrogens (primary N) is 1. The molecule has 0 aromatic heterocycles. The van der Waals surface area contributed by atoms with Crippen molar-refractivity contribution in [3.05, 3.63) is 23.8 Å². The summed E-state index contributed by atoms with van der Waals surface area (Å²) in [6.45, 7) is 1.86. The van der Waals surface area contributed by atoms with Crippen LogP contribution in [0, 0.1) is 6.92 Å². The molecule has 0 amide bonds. The van der Waals surface area contributed by atoms with Crippen molar-refractivity contribution in [1.82, 2.24) is 0 Å². The quantitative estimate of drug-likeness (QED) is 0.373. The summed E-state index contributed by atoms with van der Waals surface area (Å²) in [5.41, 5.74) is 7.57. The highest BCUT2D eigenvalue weighted by Crippen LogP contribution is 2.20. The molecule has 1 aromatic carbocycles. The first kappa shape index (κ1) is 7.51. The van der Waals surface area contributed by atoms with Gasteiger partial charge in [0.1, 0.15) is 0 Å². The Morgan fingerprint density at radius 3 is 2.91 bits per heavy atom. The van der Waals surface area contributed by atoms with Crippen LogP contribution >= 0.6 is 0 Å². The predicted molar refractivity (Wildman–Crippen MR) is 43.4 cm³/mol. The Balaban J connectivity index is 3.22. The Bertz CT molecular complexity index is 314. The van der Waals surface area contributed by atoms with E-state index in [1.165, 1.54) is 6.08 Å². The molecule has 3 heteroatoms. The standard InChI is InChI=1S/C8H8N2O/c1-6-2-3-7(9)4-8(6)10-5-11/h2-4H,9H2,1H3. The molecule has 0 heterocycles. The molecule has 3 nitrogen and oxygen atoms in total. The second kappa shape index (κ2) is 2.99. The lowest BCUT2D eigenvalue weighted by molar-refractivity contribution is 0.565. The highest BCUT2D eigenvalue weighted by atomic mass is 16.1. The zero-order valence-electron chi connectivity index (χ0n) is 6.16. The van der Waals surface area contributed by atoms with E-state index in [-0.39, 0.29) is 0 Å². The summed E-state index contributed by atoms with van der Waals surface area (Å²) < 4.78 is 0. The number of hydrogen-bond donors (Lipinski definition) is 1. The maximum absolute atomic E-state index is 9.91. The zero-order valence-corrected chi connectivity index (χ0v) is 6.16. The summed E-state index contributed by atoms with van der Waals surface area (Å²) in [6.07, 6.45) is 1.47. The van der Waals surface area contributed by atoms with Crippen molar-refractivity contribution in [1.29, 1.82) is 0 Å². The van der Waals surface area contributed by atoms with E-state index in [1.807, 2.05) is 13.0 Å². The Morgan fingerprint density at radius 1 is 1.55 bits per heavy atom. The molecule has 0 aliphatic heterocycles. The second-order valence-electron chi connectivity index (χ2n) is 2.25. The summed E-state index contributed by atoms with van der Waals surface area (Å²) in [5, 5.41) is 0. The lowest BCUT2D eigenvalue weighted by Crippen LogP contribution is -1.83. The van der Waals surface area contributed by atoms with Gasteiger partial charge in [-0.3, -0.25) is 0 Å². The van der Waals surface area contributed by atoms with E-state index in [0.29, 0.717) is 11.4 Å². The summed E-state index contributed by atoms with van der Waals surface area (Å²) in [7, 11) is 0. The van der Waals surface area contributed by atoms with Gasteiger partial charge >= 0.3 is 0 Å². The van der Waals surface area contributed by atoms with Gasteiger partial charge in [0.25, 0.3) is 0 Å². The minimum absolute atomic E-state index is 0.583. The van der Waals surface area contributed by atoms with Crippen molar-refractivity contribution in [2.45, 2.75) is 6.92 Å². The number of isocyanates is 1. The van der Waals surface area contributed by atoms with Gasteiger partial charge in [0.05, 0.1) is 5.69 Å². The van der Waals surface area contributed by atoms with Crippen LogP contribution in [0.4, 0.5) is 11.4 Å². The molecule has 0 atom stereocenters. The third kappa shape index (κ3) is 1.66. The fourth-order valence-electron chi connectivity index (χ4n) is 0.796. The molecule has 0 aliphatic carbocycles. The van der Waals surface area contributed by atoms with Gasteiger partial charge in [-0.15, -0.1) is 0 Å². The molecule has 0 saturated carbocycles. The third-order valence-corrected chi connectivity index (χ3v) is 1.40. The van der Waals surface area contributed by atoms with Crippen LogP contribution in [0.3, 0.4) is 0 Å². The summed E-state index contributed by atoms with van der Waals surface area (Å²) in [5.74, 6) is 0. The van der Waals surface area contributed by atoms with Crippen LogP contribution in [-0.2, 0) is 4.79 Å². The van der Waals surface area contributed by atoms with E-state index in [1.54, 1.807) is 12.1 Å². The number of rotatable bonds is 1. The molecule has 0 unspecified atom stereocenters. The van der Waals surface area contributed by atoms with Crippen LogP contribution in [0.25, 0.3) is 0 Å². The fraction of sp³-hybridized carbons (Fsp3) is 0.125. The summed E-state index contributed by atoms with van der Waals surface area (Å²) in [4.78, 5) is 13.4. The van der Waals surface area contributed by atoms with Gasteiger partial charge in [0.2, 0.25) is 6.08 Å². The molecule has 0 aliphatic rings. The van der Waals surface area contributed by atoms with Crippen LogP contribution in [0.5, 0.6) is 0 Å². The van der Waals surface area contributed by atoms with Gasteiger partial charge in [0, 0.05) is 5.69 Å². The van der Waals surface area contributed by atoms with E-state index in [0.717, 1.165) is 5.56 Å². The van der Waals surface area contributed by atoms with Crippen LogP contribution in [0.15, 0.2) is 23.2 Å². The van der Waals surface area contributed by atoms with Crippen molar-refractivity contribution in [3.8, 4) is 0 Å². The third-order valence-electron chi connectivity index (χ3n) is 1.40. The van der Waals surface area contributed by atoms with Gasteiger partial charge < -0.3 is 5.73 Å². The molecule has 56 valence electrons. The van der Waals surface area contributed by atoms with E-state index >= 15 is 0 Å². The van der Waals surface area contributed by atoms with Gasteiger partial charge in [-0.1, -0.05) is 6.07 Å². The van der Waals surface area contributed by atoms with E-state index in [4.69, 9.17) is 5.73 Å². The Morgan fingerprint density at radius 2 is 2.27 bits per heavy atom. The Labute approximate surface area is 64.6 Å². The van der Waals surface area contributed by atoms with E-state index in [2.05, 4.69) is 4.99 Å². The average molecular weight is 148 g/mol. The number of nitrogens with zero attached hydrogens (tertiary/aromatic N) is 1. The highest BCUT2D eigenvalue weighted by Gasteiger charge is 1.94. The maximum Gasteiger partial charge on any atom is 0.240 e. The lowest BCUT2D eigenvalue weighted by atomic mass is 10.2. The largest absolute Gasteiger partial charge is 0.399 e. The van der Waals surface area contributed by atoms with E-state index < -0.39 is 0 Å². The van der Waals surface area contributed by atoms with Crippen LogP contribution < -0.4 is 5.73 Å². The number of anilines is 1. The molecular weight excluding hydrogens is 140 g/mol. The molecule has 0 radical (unpaired) electrons. The number of benzene rings is 1. The predicted octanol–water partition coefficient (Wildman–Crippen LogP) is 1.54. The van der Waals surface area contributed by atoms with Crippen molar-refractivity contribution in [2.24, 2.45) is 4.99 Å². The SMILES string of the molecule is Cc1ccc(N)cc1N=C=O. The smallest absolute Gasteiger partial charge is 0.240 e. The number of hydrogen-bond acceptors (Lipinski definition) is 3. The second-order valence-corrected chi connectivity index (χ2v) is 2.25. The van der Waals surface area contributed by atoms with E-state index in [9.17, 15) is 4.79 Å². The van der Waals surface area contributed by atoms with Gasteiger partial charge in [-0.05, 0) is 24.6 Å². The lowest BCUT2D eigenvalue weighted by Gasteiger charge is -1.97. The molecule has 2 N–H and O–H groups in total. The highest BCUT2D eigenvalue weighted by molar-refractivity contribution is 5.59. The van der Waals surface area contributed by atoms with Crippen molar-refractivity contribution in [2.75, 3.05) is 5.73 Å². The van der Waals surface area contributed by atoms with Crippen molar-refractivity contribution >= 4 is 17.5 Å². The van der Waals surface area contributed by atoms with Gasteiger partial charge in [0.15, 0.2) is 0 Å².